The standard InChI is InChI=1S/C35H41N5O6.CH2O2/c1-22-25(23(2)46-37-22)11-13-33(41)40-20-27-24-10-12-31(44-4)32(18-24)45-17-16-39(15-7-14-36-34(42)28(27)21-40)35(43)29-19-38(3)30-9-6-5-8-26(29)30;2-1-3/h5-6,8-10,12,18-19,27-28H,7,11,13-17,20-21H2,1-4H3,(H,36,42);1H,(H,2,3)/t27-,28+;/m1./s1. The van der Waals surface area contributed by atoms with Gasteiger partial charge in [0.1, 0.15) is 12.4 Å². The molecule has 260 valence electrons. The van der Waals surface area contributed by atoms with Gasteiger partial charge in [0.25, 0.3) is 12.4 Å². The Labute approximate surface area is 284 Å². The number of nitrogens with zero attached hydrogens (tertiary/aromatic N) is 4. The van der Waals surface area contributed by atoms with E-state index in [0.717, 1.165) is 33.5 Å². The number of likely N-dealkylation sites (tertiary alicyclic amines) is 1. The summed E-state index contributed by atoms with van der Waals surface area (Å²) in [5, 5.41) is 14.9. The van der Waals surface area contributed by atoms with Crippen LogP contribution in [0.4, 0.5) is 0 Å². The molecule has 2 aliphatic rings. The third-order valence-electron chi connectivity index (χ3n) is 9.33. The number of methoxy groups -OCH3 is 1. The number of carbonyl (C=O) groups is 4. The maximum atomic E-state index is 13.8. The summed E-state index contributed by atoms with van der Waals surface area (Å²) in [5.41, 5.74) is 4.27. The van der Waals surface area contributed by atoms with Gasteiger partial charge >= 0.3 is 0 Å². The zero-order valence-electron chi connectivity index (χ0n) is 28.3. The molecule has 0 saturated carbocycles. The van der Waals surface area contributed by atoms with Crippen LogP contribution in [0.2, 0.25) is 0 Å². The average Bonchev–Trinajstić information content (AvgIpc) is 3.79. The number of carbonyl (C=O) groups excluding carboxylic acids is 3. The largest absolute Gasteiger partial charge is 0.493 e. The van der Waals surface area contributed by atoms with Gasteiger partial charge in [-0.1, -0.05) is 29.4 Å². The van der Waals surface area contributed by atoms with Crippen LogP contribution in [0.15, 0.2) is 53.2 Å². The zero-order chi connectivity index (χ0) is 35.1. The number of fused-ring (bicyclic) bond motifs is 5. The Kier molecular flexibility index (Phi) is 11.2. The summed E-state index contributed by atoms with van der Waals surface area (Å²) in [7, 11) is 3.52. The van der Waals surface area contributed by atoms with Crippen LogP contribution < -0.4 is 14.8 Å². The number of rotatable bonds is 5. The van der Waals surface area contributed by atoms with Crippen molar-refractivity contribution in [2.75, 3.05) is 46.4 Å². The van der Waals surface area contributed by atoms with Gasteiger partial charge in [-0.15, -0.1) is 0 Å². The molecule has 2 atom stereocenters. The van der Waals surface area contributed by atoms with Gasteiger partial charge in [-0.25, -0.2) is 0 Å². The summed E-state index contributed by atoms with van der Waals surface area (Å²) in [5.74, 6) is 0.998. The topological polar surface area (TPSA) is 156 Å². The van der Waals surface area contributed by atoms with E-state index in [4.69, 9.17) is 23.9 Å². The Morgan fingerprint density at radius 1 is 1.10 bits per heavy atom. The Morgan fingerprint density at radius 3 is 2.59 bits per heavy atom. The first-order chi connectivity index (χ1) is 23.7. The Morgan fingerprint density at radius 2 is 1.86 bits per heavy atom. The van der Waals surface area contributed by atoms with Gasteiger partial charge in [-0.05, 0) is 50.5 Å². The molecule has 0 aliphatic carbocycles. The Bertz CT molecular complexity index is 1790. The van der Waals surface area contributed by atoms with Gasteiger partial charge in [0.15, 0.2) is 11.5 Å². The summed E-state index contributed by atoms with van der Waals surface area (Å²) in [6.07, 6.45) is 3.29. The van der Waals surface area contributed by atoms with Crippen molar-refractivity contribution in [1.29, 1.82) is 0 Å². The van der Waals surface area contributed by atoms with Crippen molar-refractivity contribution >= 4 is 35.1 Å². The van der Waals surface area contributed by atoms with Crippen LogP contribution in [-0.2, 0) is 27.9 Å². The van der Waals surface area contributed by atoms with E-state index in [9.17, 15) is 14.4 Å². The molecular weight excluding hydrogens is 630 g/mol. The Hall–Kier alpha value is -5.33. The molecule has 1 saturated heterocycles. The molecule has 4 aromatic rings. The number of aromatic nitrogens is 2. The number of benzene rings is 2. The molecule has 2 aliphatic heterocycles. The predicted molar refractivity (Wildman–Crippen MR) is 181 cm³/mol. The molecule has 3 amide bonds. The van der Waals surface area contributed by atoms with E-state index in [1.165, 1.54) is 0 Å². The molecule has 1 fully saturated rings. The molecule has 2 aromatic carbocycles. The summed E-state index contributed by atoms with van der Waals surface area (Å²) in [6.45, 7) is 5.72. The lowest BCUT2D eigenvalue weighted by atomic mass is 9.88. The molecule has 6 rings (SSSR count). The molecule has 13 nitrogen and oxygen atoms in total. The van der Waals surface area contributed by atoms with E-state index in [1.807, 2.05) is 74.1 Å². The summed E-state index contributed by atoms with van der Waals surface area (Å²) in [4.78, 5) is 52.9. The van der Waals surface area contributed by atoms with Crippen molar-refractivity contribution in [2.24, 2.45) is 13.0 Å². The normalized spacial score (nSPS) is 18.0. The highest BCUT2D eigenvalue weighted by Gasteiger charge is 2.40. The van der Waals surface area contributed by atoms with E-state index in [2.05, 4.69) is 10.5 Å². The number of aryl methyl sites for hydroxylation is 3. The SMILES string of the molecule is COc1ccc2cc1OCCN(C(=O)c1cn(C)c3ccccc13)CCCNC(=O)[C@H]1CN(C(=O)CCc3c(C)noc3C)C[C@H]21.O=CO. The number of nitrogens with one attached hydrogen (secondary N) is 1. The van der Waals surface area contributed by atoms with Crippen molar-refractivity contribution in [1.82, 2.24) is 24.8 Å². The molecule has 2 aromatic heterocycles. The fourth-order valence-corrected chi connectivity index (χ4v) is 6.77. The minimum Gasteiger partial charge on any atom is -0.493 e. The minimum absolute atomic E-state index is 0.00853. The number of carboxylic acid groups (broad SMARTS) is 1. The van der Waals surface area contributed by atoms with E-state index < -0.39 is 5.92 Å². The number of hydrogen-bond acceptors (Lipinski definition) is 8. The summed E-state index contributed by atoms with van der Waals surface area (Å²) >= 11 is 0. The van der Waals surface area contributed by atoms with E-state index in [-0.39, 0.29) is 36.7 Å². The van der Waals surface area contributed by atoms with Crippen molar-refractivity contribution in [3.63, 3.8) is 0 Å². The first-order valence-electron chi connectivity index (χ1n) is 16.4. The molecule has 0 radical (unpaired) electrons. The molecule has 0 spiro atoms. The van der Waals surface area contributed by atoms with Gasteiger partial charge in [-0.2, -0.15) is 0 Å². The average molecular weight is 674 g/mol. The number of para-hydroxylation sites is 1. The Balaban J connectivity index is 0.00000151. The number of hydrogen-bond donors (Lipinski definition) is 2. The van der Waals surface area contributed by atoms with Crippen LogP contribution >= 0.6 is 0 Å². The lowest BCUT2D eigenvalue weighted by Gasteiger charge is -2.25. The van der Waals surface area contributed by atoms with Crippen LogP contribution in [-0.4, -0.2) is 95.3 Å². The van der Waals surface area contributed by atoms with E-state index in [1.54, 1.807) is 16.9 Å². The zero-order valence-corrected chi connectivity index (χ0v) is 28.3. The van der Waals surface area contributed by atoms with Gasteiger partial charge in [0, 0.05) is 68.2 Å². The van der Waals surface area contributed by atoms with Crippen LogP contribution in [0, 0.1) is 19.8 Å². The third kappa shape index (κ3) is 7.71. The summed E-state index contributed by atoms with van der Waals surface area (Å²) < 4.78 is 19.1. The fraction of sp³-hybridized carbons (Fsp3) is 0.417. The smallest absolute Gasteiger partial charge is 0.290 e. The maximum absolute atomic E-state index is 13.8. The van der Waals surface area contributed by atoms with E-state index in [0.29, 0.717) is 69.0 Å². The summed E-state index contributed by atoms with van der Waals surface area (Å²) in [6, 6.07) is 13.5. The lowest BCUT2D eigenvalue weighted by molar-refractivity contribution is -0.130. The van der Waals surface area contributed by atoms with Gasteiger partial charge in [0.2, 0.25) is 11.8 Å². The van der Waals surface area contributed by atoms with Gasteiger partial charge in [0.05, 0.1) is 30.8 Å². The number of amides is 3. The first kappa shape index (κ1) is 35.0. The third-order valence-corrected chi connectivity index (χ3v) is 9.33. The van der Waals surface area contributed by atoms with Crippen molar-refractivity contribution in [3.05, 3.63) is 76.8 Å². The molecule has 0 unspecified atom stereocenters. The monoisotopic (exact) mass is 673 g/mol. The highest BCUT2D eigenvalue weighted by molar-refractivity contribution is 6.07. The van der Waals surface area contributed by atoms with Gasteiger partial charge in [-0.3, -0.25) is 19.2 Å². The fourth-order valence-electron chi connectivity index (χ4n) is 6.77. The van der Waals surface area contributed by atoms with Crippen molar-refractivity contribution in [3.8, 4) is 11.5 Å². The molecular formula is C36H43N5O8. The van der Waals surface area contributed by atoms with Crippen LogP contribution in [0.1, 0.15) is 51.7 Å². The van der Waals surface area contributed by atoms with Crippen LogP contribution in [0.3, 0.4) is 0 Å². The quantitative estimate of drug-likeness (QED) is 0.302. The van der Waals surface area contributed by atoms with E-state index >= 15 is 0 Å². The molecule has 49 heavy (non-hydrogen) atoms. The predicted octanol–water partition coefficient (Wildman–Crippen LogP) is 3.71. The second-order valence-electron chi connectivity index (χ2n) is 12.3. The van der Waals surface area contributed by atoms with Crippen molar-refractivity contribution in [2.45, 2.75) is 39.0 Å². The van der Waals surface area contributed by atoms with Gasteiger partial charge < -0.3 is 38.8 Å². The maximum Gasteiger partial charge on any atom is 0.290 e. The first-order valence-corrected chi connectivity index (χ1v) is 16.4. The lowest BCUT2D eigenvalue weighted by Crippen LogP contribution is -2.39. The van der Waals surface area contributed by atoms with Crippen LogP contribution in [0.25, 0.3) is 10.9 Å². The number of ether oxygens (including phenoxy) is 2. The second kappa shape index (κ2) is 15.7. The highest BCUT2D eigenvalue weighted by atomic mass is 16.5. The second-order valence-corrected chi connectivity index (χ2v) is 12.3. The van der Waals surface area contributed by atoms with Crippen LogP contribution in [0.5, 0.6) is 11.5 Å². The molecule has 2 N–H and O–H groups in total. The molecule has 4 heterocycles. The molecule has 2 bridgehead atoms. The highest BCUT2D eigenvalue weighted by Crippen LogP contribution is 2.38. The minimum atomic E-state index is -0.430. The van der Waals surface area contributed by atoms with Crippen molar-refractivity contribution < 1.29 is 38.3 Å². The molecule has 13 heteroatoms.